The third-order valence-electron chi connectivity index (χ3n) is 4.27. The first-order chi connectivity index (χ1) is 12.2. The summed E-state index contributed by atoms with van der Waals surface area (Å²) in [4.78, 5) is 4.77. The Morgan fingerprint density at radius 2 is 1.92 bits per heavy atom. The van der Waals surface area contributed by atoms with E-state index in [1.165, 1.54) is 5.52 Å². The van der Waals surface area contributed by atoms with Gasteiger partial charge >= 0.3 is 0 Å². The summed E-state index contributed by atoms with van der Waals surface area (Å²) in [7, 11) is 0. The molecular weight excluding hydrogens is 334 g/mol. The molecule has 0 amide bonds. The number of nitrogens with zero attached hydrogens (tertiary/aromatic N) is 5. The van der Waals surface area contributed by atoms with E-state index in [4.69, 9.17) is 16.6 Å². The fraction of sp³-hybridized carbons (Fsp3) is 0.211. The molecule has 0 spiro atoms. The Balaban J connectivity index is 1.54. The van der Waals surface area contributed by atoms with Crippen molar-refractivity contribution in [2.24, 2.45) is 0 Å². The Morgan fingerprint density at radius 1 is 1.04 bits per heavy atom. The van der Waals surface area contributed by atoms with Crippen molar-refractivity contribution in [2.45, 2.75) is 26.3 Å². The first kappa shape index (κ1) is 15.8. The lowest BCUT2D eigenvalue weighted by atomic mass is 10.2. The molecule has 0 saturated carbocycles. The highest BCUT2D eigenvalue weighted by Crippen LogP contribution is 2.18. The van der Waals surface area contributed by atoms with E-state index in [0.717, 1.165) is 42.1 Å². The van der Waals surface area contributed by atoms with Crippen molar-refractivity contribution in [3.05, 3.63) is 71.3 Å². The maximum Gasteiger partial charge on any atom is 0.110 e. The van der Waals surface area contributed by atoms with Crippen LogP contribution in [0.15, 0.2) is 54.7 Å². The average Bonchev–Trinajstić information content (AvgIpc) is 3.24. The van der Waals surface area contributed by atoms with Crippen LogP contribution in [0.4, 0.5) is 0 Å². The van der Waals surface area contributed by atoms with Crippen LogP contribution < -0.4 is 0 Å². The summed E-state index contributed by atoms with van der Waals surface area (Å²) < 4.78 is 4.01. The quantitative estimate of drug-likeness (QED) is 0.544. The van der Waals surface area contributed by atoms with Crippen LogP contribution in [0.5, 0.6) is 0 Å². The monoisotopic (exact) mass is 351 g/mol. The van der Waals surface area contributed by atoms with E-state index in [2.05, 4.69) is 40.0 Å². The third-order valence-corrected chi connectivity index (χ3v) is 4.50. The lowest BCUT2D eigenvalue weighted by Gasteiger charge is -2.04. The maximum atomic E-state index is 6.04. The summed E-state index contributed by atoms with van der Waals surface area (Å²) in [5, 5.41) is 9.17. The molecule has 2 aromatic heterocycles. The second-order valence-electron chi connectivity index (χ2n) is 5.90. The summed E-state index contributed by atoms with van der Waals surface area (Å²) >= 11 is 6.04. The number of rotatable bonds is 5. The van der Waals surface area contributed by atoms with Crippen LogP contribution in [0.25, 0.3) is 16.7 Å². The molecule has 0 bridgehead atoms. The van der Waals surface area contributed by atoms with E-state index in [1.807, 2.05) is 36.5 Å². The summed E-state index contributed by atoms with van der Waals surface area (Å²) in [6.45, 7) is 3.05. The molecule has 0 aliphatic rings. The predicted octanol–water partition coefficient (Wildman–Crippen LogP) is 4.08. The van der Waals surface area contributed by atoms with Gasteiger partial charge in [-0.2, -0.15) is 0 Å². The molecule has 4 rings (SSSR count). The van der Waals surface area contributed by atoms with Crippen molar-refractivity contribution in [3.8, 4) is 5.69 Å². The minimum absolute atomic E-state index is 0.686. The van der Waals surface area contributed by atoms with Crippen molar-refractivity contribution in [1.82, 2.24) is 24.5 Å². The van der Waals surface area contributed by atoms with Crippen molar-refractivity contribution < 1.29 is 0 Å². The number of fused-ring (bicyclic) bond motifs is 1. The number of benzene rings is 2. The zero-order valence-electron chi connectivity index (χ0n) is 13.9. The Hall–Kier alpha value is -2.66. The van der Waals surface area contributed by atoms with Crippen LogP contribution in [0.1, 0.15) is 18.4 Å². The maximum absolute atomic E-state index is 6.04. The molecule has 0 atom stereocenters. The van der Waals surface area contributed by atoms with Gasteiger partial charge in [0.2, 0.25) is 0 Å². The largest absolute Gasteiger partial charge is 0.328 e. The zero-order chi connectivity index (χ0) is 17.2. The SMILES string of the molecule is CCn1c(CCc2cn(-c3cccc(Cl)c3)nn2)nc2ccccc21. The topological polar surface area (TPSA) is 48.5 Å². The molecule has 0 saturated heterocycles. The highest BCUT2D eigenvalue weighted by Gasteiger charge is 2.10. The molecule has 0 aliphatic carbocycles. The number of aryl methyl sites for hydroxylation is 3. The number of hydrogen-bond donors (Lipinski definition) is 0. The van der Waals surface area contributed by atoms with E-state index in [9.17, 15) is 0 Å². The predicted molar refractivity (Wildman–Crippen MR) is 99.2 cm³/mol. The molecule has 6 heteroatoms. The van der Waals surface area contributed by atoms with Crippen molar-refractivity contribution in [3.63, 3.8) is 0 Å². The first-order valence-corrected chi connectivity index (χ1v) is 8.73. The van der Waals surface area contributed by atoms with Crippen molar-refractivity contribution in [2.75, 3.05) is 0 Å². The van der Waals surface area contributed by atoms with Crippen molar-refractivity contribution in [1.29, 1.82) is 0 Å². The van der Waals surface area contributed by atoms with Gasteiger partial charge in [0.25, 0.3) is 0 Å². The van der Waals surface area contributed by atoms with Crippen LogP contribution in [0.2, 0.25) is 5.02 Å². The number of para-hydroxylation sites is 2. The number of imidazole rings is 1. The second-order valence-corrected chi connectivity index (χ2v) is 6.33. The van der Waals surface area contributed by atoms with Gasteiger partial charge in [-0.15, -0.1) is 5.10 Å². The molecule has 0 aliphatic heterocycles. The van der Waals surface area contributed by atoms with E-state index >= 15 is 0 Å². The Kier molecular flexibility index (Phi) is 4.24. The van der Waals surface area contributed by atoms with Gasteiger partial charge in [-0.1, -0.05) is 35.0 Å². The Bertz CT molecular complexity index is 1020. The van der Waals surface area contributed by atoms with E-state index in [-0.39, 0.29) is 0 Å². The van der Waals surface area contributed by atoms with Gasteiger partial charge < -0.3 is 4.57 Å². The summed E-state index contributed by atoms with van der Waals surface area (Å²) in [6.07, 6.45) is 3.57. The summed E-state index contributed by atoms with van der Waals surface area (Å²) in [5.74, 6) is 1.08. The molecule has 2 heterocycles. The zero-order valence-corrected chi connectivity index (χ0v) is 14.7. The molecular formula is C19H18ClN5. The van der Waals surface area contributed by atoms with Gasteiger partial charge in [-0.05, 0) is 37.3 Å². The number of halogens is 1. The normalized spacial score (nSPS) is 11.3. The van der Waals surface area contributed by atoms with Gasteiger partial charge in [-0.25, -0.2) is 9.67 Å². The van der Waals surface area contributed by atoms with E-state index in [1.54, 1.807) is 4.68 Å². The number of aromatic nitrogens is 5. The molecule has 0 radical (unpaired) electrons. The van der Waals surface area contributed by atoms with Crippen LogP contribution in [0, 0.1) is 0 Å². The summed E-state index contributed by atoms with van der Waals surface area (Å²) in [5.41, 5.74) is 4.08. The molecule has 0 N–H and O–H groups in total. The number of hydrogen-bond acceptors (Lipinski definition) is 3. The molecule has 5 nitrogen and oxygen atoms in total. The van der Waals surface area contributed by atoms with Gasteiger partial charge in [-0.3, -0.25) is 0 Å². The third kappa shape index (κ3) is 3.15. The minimum Gasteiger partial charge on any atom is -0.328 e. The lowest BCUT2D eigenvalue weighted by molar-refractivity contribution is 0.701. The minimum atomic E-state index is 0.686. The van der Waals surface area contributed by atoms with Crippen LogP contribution in [-0.4, -0.2) is 24.5 Å². The smallest absolute Gasteiger partial charge is 0.110 e. The Morgan fingerprint density at radius 3 is 2.76 bits per heavy atom. The molecule has 25 heavy (non-hydrogen) atoms. The second kappa shape index (κ2) is 6.69. The van der Waals surface area contributed by atoms with Crippen LogP contribution in [0.3, 0.4) is 0 Å². The van der Waals surface area contributed by atoms with Crippen molar-refractivity contribution >= 4 is 22.6 Å². The standard InChI is InChI=1S/C19H18ClN5/c1-2-24-18-9-4-3-8-17(18)21-19(24)11-10-15-13-25(23-22-15)16-7-5-6-14(20)12-16/h3-9,12-13H,2,10-11H2,1H3. The highest BCUT2D eigenvalue weighted by atomic mass is 35.5. The van der Waals surface area contributed by atoms with E-state index in [0.29, 0.717) is 5.02 Å². The Labute approximate surface area is 150 Å². The van der Waals surface area contributed by atoms with Gasteiger partial charge in [0.15, 0.2) is 0 Å². The summed E-state index contributed by atoms with van der Waals surface area (Å²) in [6, 6.07) is 15.8. The first-order valence-electron chi connectivity index (χ1n) is 8.36. The van der Waals surface area contributed by atoms with Crippen LogP contribution >= 0.6 is 11.6 Å². The fourth-order valence-electron chi connectivity index (χ4n) is 3.07. The molecule has 4 aromatic rings. The molecule has 126 valence electrons. The van der Waals surface area contributed by atoms with Crippen LogP contribution in [-0.2, 0) is 19.4 Å². The highest BCUT2D eigenvalue weighted by molar-refractivity contribution is 6.30. The van der Waals surface area contributed by atoms with Gasteiger partial charge in [0.1, 0.15) is 5.82 Å². The average molecular weight is 352 g/mol. The van der Waals surface area contributed by atoms with Gasteiger partial charge in [0.05, 0.1) is 28.6 Å². The van der Waals surface area contributed by atoms with E-state index < -0.39 is 0 Å². The molecule has 2 aromatic carbocycles. The molecule has 0 unspecified atom stereocenters. The fourth-order valence-corrected chi connectivity index (χ4v) is 3.25. The van der Waals surface area contributed by atoms with Gasteiger partial charge in [0, 0.05) is 24.4 Å². The lowest BCUT2D eigenvalue weighted by Crippen LogP contribution is -2.03. The molecule has 0 fully saturated rings.